The van der Waals surface area contributed by atoms with E-state index in [2.05, 4.69) is 24.4 Å². The first-order valence-electron chi connectivity index (χ1n) is 8.21. The number of ether oxygens (including phenoxy) is 2. The normalized spacial score (nSPS) is 26.6. The van der Waals surface area contributed by atoms with Crippen molar-refractivity contribution in [3.63, 3.8) is 0 Å². The zero-order valence-corrected chi connectivity index (χ0v) is 14.2. The molecule has 1 heterocycles. The van der Waals surface area contributed by atoms with Gasteiger partial charge < -0.3 is 14.8 Å². The van der Waals surface area contributed by atoms with E-state index in [0.29, 0.717) is 12.8 Å². The highest BCUT2D eigenvalue weighted by molar-refractivity contribution is 7.85. The summed E-state index contributed by atoms with van der Waals surface area (Å²) in [7, 11) is -0.723. The lowest BCUT2D eigenvalue weighted by Gasteiger charge is -2.33. The summed E-state index contributed by atoms with van der Waals surface area (Å²) in [5.41, 5.74) is 1.19. The summed E-state index contributed by atoms with van der Waals surface area (Å²) < 4.78 is 23.1. The van der Waals surface area contributed by atoms with Crippen molar-refractivity contribution in [2.24, 2.45) is 0 Å². The molecule has 0 radical (unpaired) electrons. The molecule has 2 aliphatic rings. The van der Waals surface area contributed by atoms with Gasteiger partial charge in [-0.3, -0.25) is 4.21 Å². The highest BCUT2D eigenvalue weighted by Crippen LogP contribution is 2.34. The van der Waals surface area contributed by atoms with Crippen molar-refractivity contribution < 1.29 is 13.7 Å². The van der Waals surface area contributed by atoms with Crippen molar-refractivity contribution >= 4 is 10.8 Å². The molecule has 5 heteroatoms. The number of benzene rings is 1. The van der Waals surface area contributed by atoms with Gasteiger partial charge in [-0.05, 0) is 37.5 Å². The summed E-state index contributed by atoms with van der Waals surface area (Å²) in [6, 6.07) is 6.66. The number of hydrogen-bond acceptors (Lipinski definition) is 4. The smallest absolute Gasteiger partial charge is 0.231 e. The highest BCUT2D eigenvalue weighted by atomic mass is 32.2. The van der Waals surface area contributed by atoms with Crippen LogP contribution in [0.3, 0.4) is 0 Å². The largest absolute Gasteiger partial charge is 0.454 e. The van der Waals surface area contributed by atoms with Crippen LogP contribution in [-0.2, 0) is 10.8 Å². The van der Waals surface area contributed by atoms with Gasteiger partial charge in [-0.15, -0.1) is 0 Å². The first-order valence-corrected chi connectivity index (χ1v) is 9.60. The van der Waals surface area contributed by atoms with Crippen LogP contribution in [0.15, 0.2) is 18.2 Å². The maximum Gasteiger partial charge on any atom is 0.231 e. The van der Waals surface area contributed by atoms with E-state index in [0.717, 1.165) is 30.1 Å². The van der Waals surface area contributed by atoms with Crippen LogP contribution in [0, 0.1) is 0 Å². The fourth-order valence-corrected chi connectivity index (χ4v) is 4.85. The lowest BCUT2D eigenvalue weighted by Crippen LogP contribution is -2.45. The molecule has 122 valence electrons. The number of fused-ring (bicyclic) bond motifs is 1. The number of hydrogen-bond donors (Lipinski definition) is 1. The van der Waals surface area contributed by atoms with Crippen LogP contribution < -0.4 is 14.8 Å². The summed E-state index contributed by atoms with van der Waals surface area (Å²) in [4.78, 5) is 0. The van der Waals surface area contributed by atoms with Crippen molar-refractivity contribution in [2.75, 3.05) is 12.5 Å². The topological polar surface area (TPSA) is 47.6 Å². The SMILES string of the molecule is CC[S@@](=O)[C@@H]1CCCC[C@@H]1N[C@@H](C)c1ccc2c(c1)OCO2. The summed E-state index contributed by atoms with van der Waals surface area (Å²) >= 11 is 0. The maximum absolute atomic E-state index is 12.3. The van der Waals surface area contributed by atoms with Crippen molar-refractivity contribution in [1.82, 2.24) is 5.32 Å². The minimum absolute atomic E-state index is 0.217. The van der Waals surface area contributed by atoms with Crippen molar-refractivity contribution in [2.45, 2.75) is 56.9 Å². The minimum Gasteiger partial charge on any atom is -0.454 e. The Morgan fingerprint density at radius 3 is 2.86 bits per heavy atom. The molecular weight excluding hydrogens is 298 g/mol. The number of nitrogens with one attached hydrogen (secondary N) is 1. The summed E-state index contributed by atoms with van der Waals surface area (Å²) in [5, 5.41) is 3.99. The zero-order valence-electron chi connectivity index (χ0n) is 13.3. The third-order valence-corrected chi connectivity index (χ3v) is 6.49. The zero-order chi connectivity index (χ0) is 15.5. The molecule has 22 heavy (non-hydrogen) atoms. The molecule has 0 bridgehead atoms. The van der Waals surface area contributed by atoms with Crippen molar-refractivity contribution in [1.29, 1.82) is 0 Å². The van der Waals surface area contributed by atoms with Crippen molar-refractivity contribution in [3.05, 3.63) is 23.8 Å². The molecular formula is C17H25NO3S. The first kappa shape index (κ1) is 15.8. The van der Waals surface area contributed by atoms with Gasteiger partial charge in [-0.25, -0.2) is 0 Å². The monoisotopic (exact) mass is 323 g/mol. The minimum atomic E-state index is -0.723. The molecule has 1 fully saturated rings. The molecule has 1 aromatic rings. The molecule has 3 rings (SSSR count). The van der Waals surface area contributed by atoms with Gasteiger partial charge in [0, 0.05) is 28.6 Å². The lowest BCUT2D eigenvalue weighted by atomic mass is 9.93. The second-order valence-corrected chi connectivity index (χ2v) is 8.04. The predicted octanol–water partition coefficient (Wildman–Crippen LogP) is 3.15. The van der Waals surface area contributed by atoms with Crippen LogP contribution in [0.2, 0.25) is 0 Å². The summed E-state index contributed by atoms with van der Waals surface area (Å²) in [6.07, 6.45) is 4.62. The quantitative estimate of drug-likeness (QED) is 0.904. The van der Waals surface area contributed by atoms with Crippen LogP contribution in [0.25, 0.3) is 0 Å². The van der Waals surface area contributed by atoms with Crippen LogP contribution in [0.4, 0.5) is 0 Å². The Labute approximate surface area is 135 Å². The van der Waals surface area contributed by atoms with Gasteiger partial charge in [-0.2, -0.15) is 0 Å². The van der Waals surface area contributed by atoms with Gasteiger partial charge in [0.2, 0.25) is 6.79 Å². The van der Waals surface area contributed by atoms with Gasteiger partial charge in [0.25, 0.3) is 0 Å². The van der Waals surface area contributed by atoms with E-state index >= 15 is 0 Å². The third-order valence-electron chi connectivity index (χ3n) is 4.69. The molecule has 4 nitrogen and oxygen atoms in total. The average Bonchev–Trinajstić information content (AvgIpc) is 3.02. The van der Waals surface area contributed by atoms with Crippen LogP contribution in [0.1, 0.15) is 51.1 Å². The Morgan fingerprint density at radius 2 is 2.05 bits per heavy atom. The van der Waals surface area contributed by atoms with Crippen LogP contribution in [0.5, 0.6) is 11.5 Å². The molecule has 1 aliphatic carbocycles. The molecule has 1 saturated carbocycles. The first-order chi connectivity index (χ1) is 10.7. The molecule has 0 amide bonds. The Morgan fingerprint density at radius 1 is 1.27 bits per heavy atom. The average molecular weight is 323 g/mol. The standard InChI is InChI=1S/C17H25NO3S/c1-3-22(19)17-7-5-4-6-14(17)18-12(2)13-8-9-15-16(10-13)21-11-20-15/h8-10,12,14,17-18H,3-7,11H2,1-2H3/t12-,14-,17+,22+/m0/s1. The van der Waals surface area contributed by atoms with Gasteiger partial charge in [0.05, 0.1) is 5.25 Å². The maximum atomic E-state index is 12.3. The number of rotatable bonds is 5. The molecule has 0 spiro atoms. The Kier molecular flexibility index (Phi) is 5.03. The Hall–Kier alpha value is -1.07. The third kappa shape index (κ3) is 3.30. The van der Waals surface area contributed by atoms with Gasteiger partial charge in [-0.1, -0.05) is 25.8 Å². The van der Waals surface area contributed by atoms with Crippen LogP contribution in [-0.4, -0.2) is 28.0 Å². The Bertz CT molecular complexity index is 549. The van der Waals surface area contributed by atoms with E-state index in [9.17, 15) is 4.21 Å². The molecule has 1 aliphatic heterocycles. The molecule has 0 saturated heterocycles. The Balaban J connectivity index is 1.69. The van der Waals surface area contributed by atoms with E-state index < -0.39 is 10.8 Å². The van der Waals surface area contributed by atoms with Crippen LogP contribution >= 0.6 is 0 Å². The highest BCUT2D eigenvalue weighted by Gasteiger charge is 2.30. The fourth-order valence-electron chi connectivity index (χ4n) is 3.42. The second-order valence-electron chi connectivity index (χ2n) is 6.10. The fraction of sp³-hybridized carbons (Fsp3) is 0.647. The van der Waals surface area contributed by atoms with Gasteiger partial charge in [0.15, 0.2) is 11.5 Å². The molecule has 0 unspecified atom stereocenters. The lowest BCUT2D eigenvalue weighted by molar-refractivity contribution is 0.174. The van der Waals surface area contributed by atoms with E-state index in [1.54, 1.807) is 0 Å². The van der Waals surface area contributed by atoms with E-state index in [1.165, 1.54) is 18.4 Å². The summed E-state index contributed by atoms with van der Waals surface area (Å²) in [6.45, 7) is 4.49. The molecule has 1 N–H and O–H groups in total. The van der Waals surface area contributed by atoms with Crippen molar-refractivity contribution in [3.8, 4) is 11.5 Å². The van der Waals surface area contributed by atoms with E-state index in [1.807, 2.05) is 13.0 Å². The van der Waals surface area contributed by atoms with Gasteiger partial charge >= 0.3 is 0 Å². The molecule has 0 aromatic heterocycles. The predicted molar refractivity (Wildman–Crippen MR) is 88.8 cm³/mol. The molecule has 1 aromatic carbocycles. The summed E-state index contributed by atoms with van der Waals surface area (Å²) in [5.74, 6) is 2.39. The molecule has 4 atom stereocenters. The second kappa shape index (κ2) is 7.01. The van der Waals surface area contributed by atoms with E-state index in [4.69, 9.17) is 9.47 Å². The van der Waals surface area contributed by atoms with E-state index in [-0.39, 0.29) is 11.3 Å². The van der Waals surface area contributed by atoms with Gasteiger partial charge in [0.1, 0.15) is 0 Å².